The van der Waals surface area contributed by atoms with E-state index in [1.165, 1.54) is 17.5 Å². The van der Waals surface area contributed by atoms with Crippen molar-refractivity contribution >= 4 is 46.3 Å². The summed E-state index contributed by atoms with van der Waals surface area (Å²) in [7, 11) is 5.31. The van der Waals surface area contributed by atoms with Crippen molar-refractivity contribution < 1.29 is 9.59 Å². The number of primary amides is 1. The summed E-state index contributed by atoms with van der Waals surface area (Å²) in [6.07, 6.45) is 6.24. The van der Waals surface area contributed by atoms with Crippen molar-refractivity contribution in [2.75, 3.05) is 14.1 Å². The molecule has 0 saturated carbocycles. The van der Waals surface area contributed by atoms with Gasteiger partial charge in [0.05, 0.1) is 23.2 Å². The van der Waals surface area contributed by atoms with Crippen molar-refractivity contribution in [2.45, 2.75) is 13.0 Å². The maximum atomic E-state index is 11.7. The van der Waals surface area contributed by atoms with E-state index in [9.17, 15) is 9.59 Å². The molecule has 9 nitrogen and oxygen atoms in total. The Morgan fingerprint density at radius 3 is 2.81 bits per heavy atom. The van der Waals surface area contributed by atoms with Crippen LogP contribution >= 0.6 is 11.3 Å². The van der Waals surface area contributed by atoms with E-state index in [2.05, 4.69) is 15.1 Å². The number of rotatable bonds is 9. The van der Waals surface area contributed by atoms with Crippen LogP contribution in [0.4, 0.5) is 0 Å². The van der Waals surface area contributed by atoms with Gasteiger partial charge in [-0.1, -0.05) is 12.1 Å². The second-order valence-electron chi connectivity index (χ2n) is 7.17. The lowest BCUT2D eigenvalue weighted by molar-refractivity contribution is 0.0999. The summed E-state index contributed by atoms with van der Waals surface area (Å²) in [6.45, 7) is 0.471. The fraction of sp³-hybridized carbons (Fsp3) is 0.227. The van der Waals surface area contributed by atoms with Gasteiger partial charge in [-0.05, 0) is 29.5 Å². The Morgan fingerprint density at radius 2 is 2.16 bits per heavy atom. The highest BCUT2D eigenvalue weighted by Gasteiger charge is 2.18. The molecule has 10 heteroatoms. The first-order chi connectivity index (χ1) is 15.4. The van der Waals surface area contributed by atoms with E-state index in [-0.39, 0.29) is 0 Å². The fourth-order valence-electron chi connectivity index (χ4n) is 3.28. The van der Waals surface area contributed by atoms with E-state index in [1.54, 1.807) is 54.3 Å². The van der Waals surface area contributed by atoms with Crippen LogP contribution < -0.4 is 11.5 Å². The molecule has 0 atom stereocenters. The van der Waals surface area contributed by atoms with Crippen molar-refractivity contribution in [1.82, 2.24) is 14.6 Å². The molecule has 0 unspecified atom stereocenters. The van der Waals surface area contributed by atoms with E-state index in [4.69, 9.17) is 11.5 Å². The first kappa shape index (κ1) is 22.9. The standard InChI is InChI=1S/C22H25N7O2S/c1-25-10-15(9-23)8-19-27-22-20(32-19)17(18(13-30)29(22)3)11-26-28(2)12-14-5-4-6-16(7-14)21(24)31/h4-7,9-11,13H,8,12,23H2,1-3H3,(H2,24,31)/b15-9?,25-10?,26-11-. The Bertz CT molecular complexity index is 1240. The monoisotopic (exact) mass is 451 g/mol. The molecule has 0 aliphatic rings. The average molecular weight is 452 g/mol. The van der Waals surface area contributed by atoms with Crippen LogP contribution in [0.15, 0.2) is 46.1 Å². The number of aldehydes is 1. The second kappa shape index (κ2) is 10.0. The number of benzene rings is 1. The Labute approximate surface area is 189 Å². The van der Waals surface area contributed by atoms with Gasteiger partial charge >= 0.3 is 0 Å². The minimum Gasteiger partial charge on any atom is -0.404 e. The highest BCUT2D eigenvalue weighted by Crippen LogP contribution is 2.30. The molecule has 0 saturated heterocycles. The van der Waals surface area contributed by atoms with Crippen LogP contribution in [0.5, 0.6) is 0 Å². The topological polar surface area (TPSA) is 132 Å². The van der Waals surface area contributed by atoms with Gasteiger partial charge < -0.3 is 16.0 Å². The molecule has 32 heavy (non-hydrogen) atoms. The zero-order valence-corrected chi connectivity index (χ0v) is 19.0. The van der Waals surface area contributed by atoms with Gasteiger partial charge in [-0.15, -0.1) is 11.3 Å². The lowest BCUT2D eigenvalue weighted by atomic mass is 10.1. The second-order valence-corrected chi connectivity index (χ2v) is 8.25. The van der Waals surface area contributed by atoms with Gasteiger partial charge in [0.25, 0.3) is 0 Å². The molecule has 1 amide bonds. The van der Waals surface area contributed by atoms with Crippen LogP contribution in [0.2, 0.25) is 0 Å². The van der Waals surface area contributed by atoms with Crippen LogP contribution in [-0.2, 0) is 20.0 Å². The molecular formula is C22H25N7O2S. The maximum absolute atomic E-state index is 11.7. The minimum absolute atomic E-state index is 0.448. The molecule has 0 spiro atoms. The van der Waals surface area contributed by atoms with E-state index < -0.39 is 5.91 Å². The largest absolute Gasteiger partial charge is 0.404 e. The first-order valence-electron chi connectivity index (χ1n) is 9.78. The summed E-state index contributed by atoms with van der Waals surface area (Å²) in [6, 6.07) is 7.09. The number of hydrazone groups is 1. The third-order valence-corrected chi connectivity index (χ3v) is 5.91. The number of hydrogen-bond acceptors (Lipinski definition) is 8. The number of allylic oxidation sites excluding steroid dienone is 1. The molecule has 0 radical (unpaired) electrons. The molecule has 166 valence electrons. The number of aromatic nitrogens is 2. The number of aliphatic imine (C=N–C) groups is 1. The van der Waals surface area contributed by atoms with Crippen LogP contribution in [0, 0.1) is 0 Å². The lowest BCUT2D eigenvalue weighted by Crippen LogP contribution is -2.14. The van der Waals surface area contributed by atoms with Gasteiger partial charge in [-0.2, -0.15) is 5.10 Å². The molecule has 2 aromatic heterocycles. The van der Waals surface area contributed by atoms with E-state index >= 15 is 0 Å². The van der Waals surface area contributed by atoms with Crippen LogP contribution in [0.25, 0.3) is 10.3 Å². The average Bonchev–Trinajstić information content (AvgIpc) is 3.29. The number of nitrogens with zero attached hydrogens (tertiary/aromatic N) is 5. The smallest absolute Gasteiger partial charge is 0.248 e. The van der Waals surface area contributed by atoms with Crippen molar-refractivity contribution in [3.05, 3.63) is 63.4 Å². The van der Waals surface area contributed by atoms with Crippen molar-refractivity contribution in [1.29, 1.82) is 0 Å². The van der Waals surface area contributed by atoms with Gasteiger partial charge in [0.1, 0.15) is 5.01 Å². The Morgan fingerprint density at radius 1 is 1.38 bits per heavy atom. The number of thiazole rings is 1. The molecule has 4 N–H and O–H groups in total. The van der Waals surface area contributed by atoms with Gasteiger partial charge in [0.2, 0.25) is 5.91 Å². The van der Waals surface area contributed by atoms with Crippen LogP contribution in [-0.4, -0.2) is 53.3 Å². The zero-order chi connectivity index (χ0) is 23.3. The number of fused-ring (bicyclic) bond motifs is 1. The molecular weight excluding hydrogens is 426 g/mol. The highest BCUT2D eigenvalue weighted by molar-refractivity contribution is 7.19. The van der Waals surface area contributed by atoms with Gasteiger partial charge in [-0.25, -0.2) is 4.98 Å². The molecule has 0 aliphatic carbocycles. The summed E-state index contributed by atoms with van der Waals surface area (Å²) < 4.78 is 2.64. The molecule has 0 bridgehead atoms. The predicted molar refractivity (Wildman–Crippen MR) is 128 cm³/mol. The third-order valence-electron chi connectivity index (χ3n) is 4.84. The summed E-state index contributed by atoms with van der Waals surface area (Å²) in [4.78, 5) is 31.8. The van der Waals surface area contributed by atoms with Crippen LogP contribution in [0.3, 0.4) is 0 Å². The van der Waals surface area contributed by atoms with E-state index in [0.29, 0.717) is 29.8 Å². The first-order valence-corrected chi connectivity index (χ1v) is 10.6. The van der Waals surface area contributed by atoms with Crippen molar-refractivity contribution in [3.8, 4) is 0 Å². The Balaban J connectivity index is 1.88. The van der Waals surface area contributed by atoms with Gasteiger partial charge in [-0.3, -0.25) is 19.6 Å². The number of hydrogen-bond donors (Lipinski definition) is 2. The third kappa shape index (κ3) is 4.92. The van der Waals surface area contributed by atoms with Gasteiger partial charge in [0.15, 0.2) is 11.9 Å². The molecule has 3 aromatic rings. The Kier molecular flexibility index (Phi) is 7.16. The summed E-state index contributed by atoms with van der Waals surface area (Å²) in [5, 5.41) is 7.09. The van der Waals surface area contributed by atoms with Gasteiger partial charge in [0, 0.05) is 44.9 Å². The highest BCUT2D eigenvalue weighted by atomic mass is 32.1. The Hall–Kier alpha value is -3.79. The van der Waals surface area contributed by atoms with Crippen molar-refractivity contribution in [3.63, 3.8) is 0 Å². The molecule has 3 rings (SSSR count). The summed E-state index contributed by atoms with van der Waals surface area (Å²) in [5.41, 5.74) is 15.2. The number of nitrogens with two attached hydrogens (primary N) is 2. The summed E-state index contributed by atoms with van der Waals surface area (Å²) >= 11 is 1.49. The van der Waals surface area contributed by atoms with E-state index in [0.717, 1.165) is 32.8 Å². The molecule has 0 aliphatic heterocycles. The van der Waals surface area contributed by atoms with Crippen molar-refractivity contribution in [2.24, 2.45) is 28.6 Å². The molecule has 0 fully saturated rings. The SMILES string of the molecule is CN=CC(=CN)Cc1nc2c(s1)c(/C=N\N(C)Cc1cccc(C(N)=O)c1)c(C=O)n2C. The number of carbonyl (C=O) groups is 2. The van der Waals surface area contributed by atoms with Crippen LogP contribution in [0.1, 0.15) is 37.0 Å². The number of amides is 1. The normalized spacial score (nSPS) is 12.3. The fourth-order valence-corrected chi connectivity index (χ4v) is 4.43. The number of aryl methyl sites for hydroxylation is 1. The van der Waals surface area contributed by atoms with E-state index in [1.807, 2.05) is 13.1 Å². The predicted octanol–water partition coefficient (Wildman–Crippen LogP) is 2.10. The number of carbonyl (C=O) groups excluding carboxylic acids is 2. The quantitative estimate of drug-likeness (QED) is 0.292. The zero-order valence-electron chi connectivity index (χ0n) is 18.1. The molecule has 2 heterocycles. The summed E-state index contributed by atoms with van der Waals surface area (Å²) in [5.74, 6) is -0.473. The lowest BCUT2D eigenvalue weighted by Gasteiger charge is -2.13. The molecule has 1 aromatic carbocycles. The maximum Gasteiger partial charge on any atom is 0.248 e. The minimum atomic E-state index is -0.473.